The summed E-state index contributed by atoms with van der Waals surface area (Å²) in [5, 5.41) is 15.8. The molecule has 2 amide bonds. The van der Waals surface area contributed by atoms with Gasteiger partial charge in [0.05, 0.1) is 21.4 Å². The van der Waals surface area contributed by atoms with Crippen molar-refractivity contribution in [2.75, 3.05) is 10.6 Å². The minimum Gasteiger partial charge on any atom is -0.324 e. The van der Waals surface area contributed by atoms with Gasteiger partial charge in [-0.1, -0.05) is 36.4 Å². The Bertz CT molecular complexity index is 1680. The maximum atomic E-state index is 13.2. The van der Waals surface area contributed by atoms with Crippen LogP contribution in [0.5, 0.6) is 0 Å². The van der Waals surface area contributed by atoms with Crippen molar-refractivity contribution in [1.82, 2.24) is 0 Å². The molecule has 0 spiro atoms. The lowest BCUT2D eigenvalue weighted by Gasteiger charge is -2.21. The standard InChI is InChI=1S/C30H21N3O6S/c1-17(40-21-15-11-19(12-16-21)31-30(37)18-9-13-20(14-10-18)33(38)39)29(36)32-25-8-4-7-24-26(25)28(35)23-6-3-2-5-22(23)27(24)34/h2-17H,1H3,(H,31,37)(H,32,36). The maximum Gasteiger partial charge on any atom is 0.269 e. The molecule has 0 radical (unpaired) electrons. The van der Waals surface area contributed by atoms with Crippen LogP contribution in [0.3, 0.4) is 0 Å². The molecule has 1 unspecified atom stereocenters. The zero-order valence-corrected chi connectivity index (χ0v) is 21.9. The van der Waals surface area contributed by atoms with Gasteiger partial charge in [-0.15, -0.1) is 11.8 Å². The van der Waals surface area contributed by atoms with E-state index in [0.717, 1.165) is 4.90 Å². The Morgan fingerprint density at radius 3 is 2.05 bits per heavy atom. The van der Waals surface area contributed by atoms with E-state index in [1.807, 2.05) is 0 Å². The number of benzene rings is 4. The molecule has 1 aliphatic carbocycles. The molecular weight excluding hydrogens is 530 g/mol. The summed E-state index contributed by atoms with van der Waals surface area (Å²) in [6, 6.07) is 23.6. The van der Waals surface area contributed by atoms with Crippen LogP contribution in [0.15, 0.2) is 95.9 Å². The average Bonchev–Trinajstić information content (AvgIpc) is 2.96. The van der Waals surface area contributed by atoms with Gasteiger partial charge in [0.25, 0.3) is 11.6 Å². The van der Waals surface area contributed by atoms with Crippen LogP contribution in [-0.4, -0.2) is 33.6 Å². The Hall–Kier alpha value is -5.09. The molecule has 0 aromatic heterocycles. The maximum absolute atomic E-state index is 13.2. The number of ketones is 2. The van der Waals surface area contributed by atoms with Gasteiger partial charge in [0.2, 0.25) is 5.91 Å². The fraction of sp³-hybridized carbons (Fsp3) is 0.0667. The lowest BCUT2D eigenvalue weighted by molar-refractivity contribution is -0.384. The van der Waals surface area contributed by atoms with Gasteiger partial charge in [-0.25, -0.2) is 0 Å². The van der Waals surface area contributed by atoms with Crippen LogP contribution >= 0.6 is 11.8 Å². The summed E-state index contributed by atoms with van der Waals surface area (Å²) in [5.41, 5.74) is 2.08. The molecule has 4 aromatic carbocycles. The zero-order valence-electron chi connectivity index (χ0n) is 21.0. The van der Waals surface area contributed by atoms with Gasteiger partial charge >= 0.3 is 0 Å². The Balaban J connectivity index is 1.23. The SMILES string of the molecule is CC(Sc1ccc(NC(=O)c2ccc([N+](=O)[O-])cc2)cc1)C(=O)Nc1cccc2c1C(=O)c1ccccc1C2=O. The van der Waals surface area contributed by atoms with E-state index in [1.54, 1.807) is 73.7 Å². The van der Waals surface area contributed by atoms with Gasteiger partial charge in [-0.2, -0.15) is 0 Å². The first-order valence-corrected chi connectivity index (χ1v) is 13.1. The van der Waals surface area contributed by atoms with Gasteiger partial charge in [0.1, 0.15) is 0 Å². The van der Waals surface area contributed by atoms with Crippen molar-refractivity contribution in [3.63, 3.8) is 0 Å². The van der Waals surface area contributed by atoms with Gasteiger partial charge in [0, 0.05) is 45.0 Å². The molecule has 0 saturated carbocycles. The molecule has 9 nitrogen and oxygen atoms in total. The monoisotopic (exact) mass is 551 g/mol. The number of carbonyl (C=O) groups is 4. The summed E-state index contributed by atoms with van der Waals surface area (Å²) in [6.45, 7) is 1.72. The van der Waals surface area contributed by atoms with Crippen LogP contribution in [0.25, 0.3) is 0 Å². The van der Waals surface area contributed by atoms with Crippen molar-refractivity contribution in [2.45, 2.75) is 17.1 Å². The second-order valence-electron chi connectivity index (χ2n) is 8.96. The third-order valence-electron chi connectivity index (χ3n) is 6.34. The van der Waals surface area contributed by atoms with Crippen molar-refractivity contribution in [3.8, 4) is 0 Å². The summed E-state index contributed by atoms with van der Waals surface area (Å²) in [6.07, 6.45) is 0. The summed E-state index contributed by atoms with van der Waals surface area (Å²) in [7, 11) is 0. The summed E-state index contributed by atoms with van der Waals surface area (Å²) in [5.74, 6) is -1.32. The van der Waals surface area contributed by atoms with Crippen LogP contribution in [-0.2, 0) is 4.79 Å². The number of anilines is 2. The highest BCUT2D eigenvalue weighted by Gasteiger charge is 2.32. The number of nitro benzene ring substituents is 1. The topological polar surface area (TPSA) is 135 Å². The first-order chi connectivity index (χ1) is 19.2. The van der Waals surface area contributed by atoms with E-state index in [1.165, 1.54) is 36.0 Å². The largest absolute Gasteiger partial charge is 0.324 e. The predicted molar refractivity (Wildman–Crippen MR) is 151 cm³/mol. The number of thioether (sulfide) groups is 1. The van der Waals surface area contributed by atoms with E-state index in [9.17, 15) is 29.3 Å². The third kappa shape index (κ3) is 5.25. The molecule has 4 aromatic rings. The number of nitrogens with one attached hydrogen (secondary N) is 2. The second-order valence-corrected chi connectivity index (χ2v) is 10.4. The number of hydrogen-bond acceptors (Lipinski definition) is 7. The van der Waals surface area contributed by atoms with Gasteiger partial charge in [0.15, 0.2) is 11.6 Å². The zero-order chi connectivity index (χ0) is 28.4. The molecule has 0 heterocycles. The van der Waals surface area contributed by atoms with E-state index in [-0.39, 0.29) is 45.5 Å². The highest BCUT2D eigenvalue weighted by Crippen LogP contribution is 2.33. The lowest BCUT2D eigenvalue weighted by atomic mass is 9.83. The number of rotatable bonds is 7. The quantitative estimate of drug-likeness (QED) is 0.150. The Labute approximate surface area is 232 Å². The minimum absolute atomic E-state index is 0.103. The molecule has 5 rings (SSSR count). The Morgan fingerprint density at radius 1 is 0.775 bits per heavy atom. The minimum atomic E-state index is -0.543. The normalized spacial score (nSPS) is 12.6. The molecule has 0 aliphatic heterocycles. The summed E-state index contributed by atoms with van der Waals surface area (Å²) in [4.78, 5) is 62.7. The fourth-order valence-electron chi connectivity index (χ4n) is 4.30. The number of fused-ring (bicyclic) bond motifs is 2. The van der Waals surface area contributed by atoms with E-state index in [4.69, 9.17) is 0 Å². The van der Waals surface area contributed by atoms with E-state index >= 15 is 0 Å². The van der Waals surface area contributed by atoms with E-state index < -0.39 is 16.1 Å². The van der Waals surface area contributed by atoms with Crippen molar-refractivity contribution >= 4 is 52.2 Å². The van der Waals surface area contributed by atoms with Gasteiger partial charge in [-0.3, -0.25) is 29.3 Å². The average molecular weight is 552 g/mol. The molecule has 198 valence electrons. The van der Waals surface area contributed by atoms with Crippen molar-refractivity contribution < 1.29 is 24.1 Å². The number of hydrogen-bond donors (Lipinski definition) is 2. The number of carbonyl (C=O) groups excluding carboxylic acids is 4. The predicted octanol–water partition coefficient (Wildman–Crippen LogP) is 5.74. The van der Waals surface area contributed by atoms with Crippen LogP contribution in [0.4, 0.5) is 17.1 Å². The molecule has 0 fully saturated rings. The molecule has 40 heavy (non-hydrogen) atoms. The van der Waals surface area contributed by atoms with Crippen LogP contribution in [0, 0.1) is 10.1 Å². The third-order valence-corrected chi connectivity index (χ3v) is 7.46. The molecule has 1 aliphatic rings. The summed E-state index contributed by atoms with van der Waals surface area (Å²) < 4.78 is 0. The van der Waals surface area contributed by atoms with Crippen LogP contribution < -0.4 is 10.6 Å². The molecule has 1 atom stereocenters. The molecule has 0 bridgehead atoms. The van der Waals surface area contributed by atoms with Crippen molar-refractivity contribution in [3.05, 3.63) is 129 Å². The van der Waals surface area contributed by atoms with Gasteiger partial charge in [-0.05, 0) is 49.4 Å². The lowest BCUT2D eigenvalue weighted by Crippen LogP contribution is -2.27. The molecule has 2 N–H and O–H groups in total. The van der Waals surface area contributed by atoms with E-state index in [0.29, 0.717) is 16.8 Å². The molecule has 0 saturated heterocycles. The number of non-ortho nitro benzene ring substituents is 1. The smallest absolute Gasteiger partial charge is 0.269 e. The first-order valence-electron chi connectivity index (χ1n) is 12.2. The molecule has 10 heteroatoms. The number of nitrogens with zero attached hydrogens (tertiary/aromatic N) is 1. The highest BCUT2D eigenvalue weighted by molar-refractivity contribution is 8.00. The first kappa shape index (κ1) is 26.5. The van der Waals surface area contributed by atoms with Crippen LogP contribution in [0.2, 0.25) is 0 Å². The Kier molecular flexibility index (Phi) is 7.26. The van der Waals surface area contributed by atoms with Gasteiger partial charge < -0.3 is 10.6 Å². The van der Waals surface area contributed by atoms with Crippen molar-refractivity contribution in [1.29, 1.82) is 0 Å². The fourth-order valence-corrected chi connectivity index (χ4v) is 5.16. The number of nitro groups is 1. The second kappa shape index (κ2) is 11.0. The van der Waals surface area contributed by atoms with Crippen molar-refractivity contribution in [2.24, 2.45) is 0 Å². The summed E-state index contributed by atoms with van der Waals surface area (Å²) >= 11 is 1.29. The van der Waals surface area contributed by atoms with E-state index in [2.05, 4.69) is 10.6 Å². The molecular formula is C30H21N3O6S. The number of amides is 2. The Morgan fingerprint density at radius 2 is 1.40 bits per heavy atom. The van der Waals surface area contributed by atoms with Crippen LogP contribution in [0.1, 0.15) is 49.1 Å². The highest BCUT2D eigenvalue weighted by atomic mass is 32.2.